The third-order valence-electron chi connectivity index (χ3n) is 1.62. The Morgan fingerprint density at radius 2 is 2.19 bits per heavy atom. The summed E-state index contributed by atoms with van der Waals surface area (Å²) in [7, 11) is -3.53. The van der Waals surface area contributed by atoms with Gasteiger partial charge in [-0.2, -0.15) is 0 Å². The molecule has 0 atom stereocenters. The van der Waals surface area contributed by atoms with Crippen molar-refractivity contribution in [2.75, 3.05) is 17.6 Å². The minimum atomic E-state index is -3.53. The van der Waals surface area contributed by atoms with Crippen molar-refractivity contribution >= 4 is 21.9 Å². The summed E-state index contributed by atoms with van der Waals surface area (Å²) >= 11 is 0. The largest absolute Gasteiger partial charge is 0.462 e. The van der Waals surface area contributed by atoms with Gasteiger partial charge in [0.1, 0.15) is 5.56 Å². The average molecular weight is 248 g/mol. The first kappa shape index (κ1) is 12.5. The molecule has 1 aromatic heterocycles. The number of ether oxygens (including phenoxy) is 1. The maximum Gasteiger partial charge on any atom is 0.345 e. The molecule has 0 aliphatic carbocycles. The first-order chi connectivity index (χ1) is 7.35. The lowest BCUT2D eigenvalue weighted by molar-refractivity contribution is 0.0526. The lowest BCUT2D eigenvalue weighted by Crippen LogP contribution is -2.13. The second-order valence-electron chi connectivity index (χ2n) is 3.07. The van der Waals surface area contributed by atoms with E-state index in [1.165, 1.54) is 6.92 Å². The predicted molar refractivity (Wildman–Crippen MR) is 55.7 cm³/mol. The molecule has 0 aliphatic heterocycles. The van der Waals surface area contributed by atoms with Crippen LogP contribution in [0.1, 0.15) is 23.0 Å². The van der Waals surface area contributed by atoms with Crippen molar-refractivity contribution in [2.45, 2.75) is 13.8 Å². The molecule has 1 aromatic rings. The van der Waals surface area contributed by atoms with Crippen molar-refractivity contribution in [3.8, 4) is 0 Å². The van der Waals surface area contributed by atoms with Gasteiger partial charge in [0.25, 0.3) is 5.88 Å². The van der Waals surface area contributed by atoms with E-state index in [9.17, 15) is 13.2 Å². The molecule has 0 saturated carbocycles. The monoisotopic (exact) mass is 248 g/mol. The highest BCUT2D eigenvalue weighted by Gasteiger charge is 2.23. The topological polar surface area (TPSA) is 98.5 Å². The van der Waals surface area contributed by atoms with Crippen LogP contribution in [0.15, 0.2) is 4.52 Å². The summed E-state index contributed by atoms with van der Waals surface area (Å²) < 4.78 is 33.5. The zero-order valence-electron chi connectivity index (χ0n) is 9.10. The molecule has 7 nitrogen and oxygen atoms in total. The van der Waals surface area contributed by atoms with Crippen molar-refractivity contribution in [3.05, 3.63) is 11.3 Å². The highest BCUT2D eigenvalue weighted by Crippen LogP contribution is 2.21. The van der Waals surface area contributed by atoms with Gasteiger partial charge in [-0.05, 0) is 13.8 Å². The minimum absolute atomic E-state index is 0.00715. The third kappa shape index (κ3) is 2.96. The minimum Gasteiger partial charge on any atom is -0.462 e. The van der Waals surface area contributed by atoms with Crippen LogP contribution in [0.2, 0.25) is 0 Å². The lowest BCUT2D eigenvalue weighted by atomic mass is 10.2. The smallest absolute Gasteiger partial charge is 0.345 e. The number of anilines is 1. The number of esters is 1. The van der Waals surface area contributed by atoms with Gasteiger partial charge in [0.05, 0.1) is 18.6 Å². The average Bonchev–Trinajstić information content (AvgIpc) is 2.44. The summed E-state index contributed by atoms with van der Waals surface area (Å²) in [6.07, 6.45) is 0.944. The number of sulfonamides is 1. The summed E-state index contributed by atoms with van der Waals surface area (Å²) in [4.78, 5) is 11.5. The summed E-state index contributed by atoms with van der Waals surface area (Å²) in [5, 5.41) is 3.50. The third-order valence-corrected chi connectivity index (χ3v) is 2.18. The number of nitrogens with zero attached hydrogens (tertiary/aromatic N) is 1. The highest BCUT2D eigenvalue weighted by molar-refractivity contribution is 7.92. The van der Waals surface area contributed by atoms with Gasteiger partial charge in [-0.1, -0.05) is 5.16 Å². The zero-order chi connectivity index (χ0) is 12.3. The van der Waals surface area contributed by atoms with Gasteiger partial charge in [-0.15, -0.1) is 0 Å². The SMILES string of the molecule is CCOC(=O)c1c(C)noc1NS(C)(=O)=O. The number of aryl methyl sites for hydroxylation is 1. The second-order valence-corrected chi connectivity index (χ2v) is 4.82. The molecule has 1 rings (SSSR count). The number of hydrogen-bond donors (Lipinski definition) is 1. The molecule has 0 aliphatic rings. The summed E-state index contributed by atoms with van der Waals surface area (Å²) in [6.45, 7) is 3.34. The molecule has 0 unspecified atom stereocenters. The summed E-state index contributed by atoms with van der Waals surface area (Å²) in [5.41, 5.74) is 0.261. The molecule has 0 amide bonds. The van der Waals surface area contributed by atoms with Gasteiger partial charge in [-0.25, -0.2) is 13.2 Å². The molecule has 16 heavy (non-hydrogen) atoms. The van der Waals surface area contributed by atoms with Gasteiger partial charge in [0.15, 0.2) is 0 Å². The van der Waals surface area contributed by atoms with Crippen LogP contribution in [-0.4, -0.2) is 32.4 Å². The summed E-state index contributed by atoms with van der Waals surface area (Å²) in [6, 6.07) is 0. The van der Waals surface area contributed by atoms with Crippen molar-refractivity contribution < 1.29 is 22.5 Å². The summed E-state index contributed by atoms with van der Waals surface area (Å²) in [5.74, 6) is -0.897. The Morgan fingerprint density at radius 3 is 2.69 bits per heavy atom. The Balaban J connectivity index is 3.08. The van der Waals surface area contributed by atoms with Gasteiger partial charge in [-0.3, -0.25) is 4.72 Å². The first-order valence-corrected chi connectivity index (χ1v) is 6.35. The quantitative estimate of drug-likeness (QED) is 0.780. The fourth-order valence-electron chi connectivity index (χ4n) is 1.05. The van der Waals surface area contributed by atoms with Crippen LogP contribution in [0.4, 0.5) is 5.88 Å². The Morgan fingerprint density at radius 1 is 1.56 bits per heavy atom. The van der Waals surface area contributed by atoms with E-state index in [0.717, 1.165) is 6.26 Å². The number of carbonyl (C=O) groups is 1. The molecular weight excluding hydrogens is 236 g/mol. The van der Waals surface area contributed by atoms with Crippen molar-refractivity contribution in [3.63, 3.8) is 0 Å². The maximum absolute atomic E-state index is 11.5. The molecule has 0 radical (unpaired) electrons. The normalized spacial score (nSPS) is 11.2. The molecule has 0 fully saturated rings. The lowest BCUT2D eigenvalue weighted by Gasteiger charge is -2.02. The molecule has 1 N–H and O–H groups in total. The molecule has 1 heterocycles. The molecule has 0 spiro atoms. The van der Waals surface area contributed by atoms with Crippen LogP contribution < -0.4 is 4.72 Å². The van der Waals surface area contributed by atoms with Crippen LogP contribution >= 0.6 is 0 Å². The Hall–Kier alpha value is -1.57. The van der Waals surface area contributed by atoms with Crippen molar-refractivity contribution in [1.82, 2.24) is 5.16 Å². The number of aromatic nitrogens is 1. The molecule has 0 saturated heterocycles. The number of hydrogen-bond acceptors (Lipinski definition) is 6. The first-order valence-electron chi connectivity index (χ1n) is 4.46. The number of nitrogens with one attached hydrogen (secondary N) is 1. The van der Waals surface area contributed by atoms with E-state index in [2.05, 4.69) is 9.88 Å². The van der Waals surface area contributed by atoms with Gasteiger partial charge in [0.2, 0.25) is 10.0 Å². The zero-order valence-corrected chi connectivity index (χ0v) is 9.92. The van der Waals surface area contributed by atoms with E-state index in [-0.39, 0.29) is 23.7 Å². The predicted octanol–water partition coefficient (Wildman–Crippen LogP) is 0.531. The van der Waals surface area contributed by atoms with E-state index in [4.69, 9.17) is 9.26 Å². The van der Waals surface area contributed by atoms with E-state index < -0.39 is 16.0 Å². The Kier molecular flexibility index (Phi) is 3.53. The van der Waals surface area contributed by atoms with Crippen LogP contribution in [0.25, 0.3) is 0 Å². The van der Waals surface area contributed by atoms with Crippen LogP contribution in [0, 0.1) is 6.92 Å². The number of rotatable bonds is 4. The fourth-order valence-corrected chi connectivity index (χ4v) is 1.53. The molecule has 90 valence electrons. The van der Waals surface area contributed by atoms with Gasteiger partial charge >= 0.3 is 5.97 Å². The Labute approximate surface area is 92.8 Å². The van der Waals surface area contributed by atoms with Crippen LogP contribution in [-0.2, 0) is 14.8 Å². The van der Waals surface area contributed by atoms with Gasteiger partial charge < -0.3 is 9.26 Å². The molecule has 0 bridgehead atoms. The fraction of sp³-hybridized carbons (Fsp3) is 0.500. The highest BCUT2D eigenvalue weighted by atomic mass is 32.2. The molecule has 0 aromatic carbocycles. The molecule has 8 heteroatoms. The second kappa shape index (κ2) is 4.52. The standard InChI is InChI=1S/C8H12N2O5S/c1-4-14-8(11)6-5(2)9-15-7(6)10-16(3,12)13/h10H,4H2,1-3H3. The van der Waals surface area contributed by atoms with E-state index in [0.29, 0.717) is 0 Å². The van der Waals surface area contributed by atoms with Gasteiger partial charge in [0, 0.05) is 0 Å². The maximum atomic E-state index is 11.5. The Bertz CT molecular complexity index is 491. The van der Waals surface area contributed by atoms with Crippen molar-refractivity contribution in [2.24, 2.45) is 0 Å². The van der Waals surface area contributed by atoms with E-state index in [1.807, 2.05) is 0 Å². The van der Waals surface area contributed by atoms with Crippen LogP contribution in [0.5, 0.6) is 0 Å². The van der Waals surface area contributed by atoms with E-state index in [1.54, 1.807) is 6.92 Å². The molecular formula is C8H12N2O5S. The van der Waals surface area contributed by atoms with Crippen LogP contribution in [0.3, 0.4) is 0 Å². The number of carbonyl (C=O) groups excluding carboxylic acids is 1. The van der Waals surface area contributed by atoms with Crippen molar-refractivity contribution in [1.29, 1.82) is 0 Å². The van der Waals surface area contributed by atoms with E-state index >= 15 is 0 Å².